The zero-order chi connectivity index (χ0) is 8.97. The van der Waals surface area contributed by atoms with Crippen molar-refractivity contribution in [1.29, 1.82) is 5.41 Å². The van der Waals surface area contributed by atoms with Gasteiger partial charge in [-0.1, -0.05) is 6.58 Å². The molecule has 1 rings (SSSR count). The highest BCUT2D eigenvalue weighted by Gasteiger charge is 1.98. The fourth-order valence-corrected chi connectivity index (χ4v) is 1.04. The SMILES string of the molecule is C=C(C)c1cc[nH]c1/C=C\C=N. The molecule has 0 amide bonds. The predicted octanol–water partition coefficient (Wildman–Crippen LogP) is 2.71. The molecule has 0 saturated heterocycles. The second-order valence-corrected chi connectivity index (χ2v) is 2.61. The van der Waals surface area contributed by atoms with Gasteiger partial charge < -0.3 is 10.4 Å². The zero-order valence-electron chi connectivity index (χ0n) is 7.09. The Balaban J connectivity index is 2.99. The average molecular weight is 160 g/mol. The van der Waals surface area contributed by atoms with Crippen LogP contribution in [0.3, 0.4) is 0 Å². The molecule has 0 aliphatic heterocycles. The Morgan fingerprint density at radius 2 is 2.42 bits per heavy atom. The first kappa shape index (κ1) is 8.53. The lowest BCUT2D eigenvalue weighted by molar-refractivity contribution is 1.37. The zero-order valence-corrected chi connectivity index (χ0v) is 7.09. The number of rotatable bonds is 3. The van der Waals surface area contributed by atoms with Crippen molar-refractivity contribution in [1.82, 2.24) is 4.98 Å². The monoisotopic (exact) mass is 160 g/mol. The average Bonchev–Trinajstić information content (AvgIpc) is 2.48. The summed E-state index contributed by atoms with van der Waals surface area (Å²) in [6, 6.07) is 1.98. The number of aromatic nitrogens is 1. The van der Waals surface area contributed by atoms with Gasteiger partial charge in [0.1, 0.15) is 0 Å². The molecule has 2 N–H and O–H groups in total. The lowest BCUT2D eigenvalue weighted by Crippen LogP contribution is -1.79. The summed E-state index contributed by atoms with van der Waals surface area (Å²) in [5.74, 6) is 0. The summed E-state index contributed by atoms with van der Waals surface area (Å²) in [6.45, 7) is 5.82. The minimum atomic E-state index is 1.01. The minimum Gasteiger partial charge on any atom is -0.361 e. The fourth-order valence-electron chi connectivity index (χ4n) is 1.04. The second-order valence-electron chi connectivity index (χ2n) is 2.61. The molecule has 1 aromatic rings. The van der Waals surface area contributed by atoms with E-state index in [1.54, 1.807) is 6.08 Å². The molecule has 0 spiro atoms. The molecule has 1 heterocycles. The van der Waals surface area contributed by atoms with E-state index in [1.165, 1.54) is 6.21 Å². The quantitative estimate of drug-likeness (QED) is 0.638. The number of hydrogen-bond acceptors (Lipinski definition) is 1. The van der Waals surface area contributed by atoms with Crippen LogP contribution in [-0.4, -0.2) is 11.2 Å². The minimum absolute atomic E-state index is 1.01. The molecule has 2 nitrogen and oxygen atoms in total. The summed E-state index contributed by atoms with van der Waals surface area (Å²) in [5, 5.41) is 6.83. The standard InChI is InChI=1S/C10H12N2/c1-8(2)9-5-7-12-10(9)4-3-6-11/h3-7,11-12H,1H2,2H3/b4-3-,11-6?. The first-order valence-electron chi connectivity index (χ1n) is 3.76. The van der Waals surface area contributed by atoms with Gasteiger partial charge in [0.15, 0.2) is 0 Å². The second kappa shape index (κ2) is 3.72. The maximum atomic E-state index is 6.83. The maximum absolute atomic E-state index is 6.83. The summed E-state index contributed by atoms with van der Waals surface area (Å²) in [5.41, 5.74) is 3.14. The van der Waals surface area contributed by atoms with Crippen LogP contribution in [0.25, 0.3) is 11.6 Å². The van der Waals surface area contributed by atoms with E-state index in [2.05, 4.69) is 11.6 Å². The van der Waals surface area contributed by atoms with Crippen LogP contribution in [0.15, 0.2) is 24.9 Å². The Bertz CT molecular complexity index is 318. The van der Waals surface area contributed by atoms with Crippen LogP contribution in [0, 0.1) is 5.41 Å². The lowest BCUT2D eigenvalue weighted by atomic mass is 10.1. The highest BCUT2D eigenvalue weighted by atomic mass is 14.7. The Hall–Kier alpha value is -1.57. The summed E-state index contributed by atoms with van der Waals surface area (Å²) in [7, 11) is 0. The molecule has 0 aromatic carbocycles. The van der Waals surface area contributed by atoms with Gasteiger partial charge in [0.05, 0.1) is 0 Å². The van der Waals surface area contributed by atoms with E-state index in [9.17, 15) is 0 Å². The summed E-state index contributed by atoms with van der Waals surface area (Å²) < 4.78 is 0. The van der Waals surface area contributed by atoms with Gasteiger partial charge in [0, 0.05) is 23.7 Å². The number of allylic oxidation sites excluding steroid dienone is 2. The fraction of sp³-hybridized carbons (Fsp3) is 0.100. The Labute approximate surface area is 72.1 Å². The van der Waals surface area contributed by atoms with E-state index in [1.807, 2.05) is 25.3 Å². The lowest BCUT2D eigenvalue weighted by Gasteiger charge is -1.95. The van der Waals surface area contributed by atoms with Gasteiger partial charge >= 0.3 is 0 Å². The largest absolute Gasteiger partial charge is 0.361 e. The molecule has 0 aliphatic rings. The first-order chi connectivity index (χ1) is 5.75. The van der Waals surface area contributed by atoms with Gasteiger partial charge in [-0.3, -0.25) is 0 Å². The molecular formula is C10H12N2. The Morgan fingerprint density at radius 1 is 1.67 bits per heavy atom. The van der Waals surface area contributed by atoms with Crippen molar-refractivity contribution in [3.8, 4) is 0 Å². The van der Waals surface area contributed by atoms with E-state index >= 15 is 0 Å². The third-order valence-electron chi connectivity index (χ3n) is 1.60. The molecular weight excluding hydrogens is 148 g/mol. The van der Waals surface area contributed by atoms with Gasteiger partial charge in [0.2, 0.25) is 0 Å². The van der Waals surface area contributed by atoms with E-state index in [0.29, 0.717) is 0 Å². The molecule has 0 bridgehead atoms. The topological polar surface area (TPSA) is 39.6 Å². The Morgan fingerprint density at radius 3 is 3.00 bits per heavy atom. The number of H-pyrrole nitrogens is 1. The van der Waals surface area contributed by atoms with Crippen LogP contribution in [0.5, 0.6) is 0 Å². The predicted molar refractivity (Wildman–Crippen MR) is 53.3 cm³/mol. The van der Waals surface area contributed by atoms with Crippen LogP contribution in [-0.2, 0) is 0 Å². The maximum Gasteiger partial charge on any atom is 0.0456 e. The van der Waals surface area contributed by atoms with Crippen LogP contribution < -0.4 is 0 Å². The van der Waals surface area contributed by atoms with Gasteiger partial charge in [-0.2, -0.15) is 0 Å². The van der Waals surface area contributed by atoms with Crippen molar-refractivity contribution in [2.45, 2.75) is 6.92 Å². The van der Waals surface area contributed by atoms with E-state index in [-0.39, 0.29) is 0 Å². The Kier molecular flexibility index (Phi) is 2.64. The van der Waals surface area contributed by atoms with Gasteiger partial charge in [-0.25, -0.2) is 0 Å². The molecule has 0 fully saturated rings. The molecule has 0 unspecified atom stereocenters. The number of nitrogens with one attached hydrogen (secondary N) is 2. The van der Waals surface area contributed by atoms with Crippen molar-refractivity contribution in [3.63, 3.8) is 0 Å². The van der Waals surface area contributed by atoms with Gasteiger partial charge in [0.25, 0.3) is 0 Å². The van der Waals surface area contributed by atoms with Crippen molar-refractivity contribution in [2.24, 2.45) is 0 Å². The van der Waals surface area contributed by atoms with Crippen molar-refractivity contribution < 1.29 is 0 Å². The van der Waals surface area contributed by atoms with Crippen LogP contribution in [0.1, 0.15) is 18.2 Å². The number of aromatic amines is 1. The molecule has 1 aromatic heterocycles. The molecule has 0 aliphatic carbocycles. The third kappa shape index (κ3) is 1.72. The third-order valence-corrected chi connectivity index (χ3v) is 1.60. The summed E-state index contributed by atoms with van der Waals surface area (Å²) >= 11 is 0. The molecule has 2 heteroatoms. The van der Waals surface area contributed by atoms with Crippen LogP contribution >= 0.6 is 0 Å². The molecule has 12 heavy (non-hydrogen) atoms. The van der Waals surface area contributed by atoms with Gasteiger partial charge in [-0.05, 0) is 30.7 Å². The van der Waals surface area contributed by atoms with Gasteiger partial charge in [-0.15, -0.1) is 0 Å². The van der Waals surface area contributed by atoms with Crippen molar-refractivity contribution in [3.05, 3.63) is 36.2 Å². The van der Waals surface area contributed by atoms with Crippen LogP contribution in [0.4, 0.5) is 0 Å². The van der Waals surface area contributed by atoms with Crippen LogP contribution in [0.2, 0.25) is 0 Å². The normalized spacial score (nSPS) is 10.4. The van der Waals surface area contributed by atoms with Crippen molar-refractivity contribution in [2.75, 3.05) is 0 Å². The highest BCUT2D eigenvalue weighted by molar-refractivity contribution is 5.78. The molecule has 0 radical (unpaired) electrons. The van der Waals surface area contributed by atoms with E-state index in [4.69, 9.17) is 5.41 Å². The first-order valence-corrected chi connectivity index (χ1v) is 3.76. The van der Waals surface area contributed by atoms with E-state index in [0.717, 1.165) is 16.8 Å². The molecule has 0 saturated carbocycles. The van der Waals surface area contributed by atoms with E-state index < -0.39 is 0 Å². The summed E-state index contributed by atoms with van der Waals surface area (Å²) in [4.78, 5) is 3.07. The molecule has 62 valence electrons. The summed E-state index contributed by atoms with van der Waals surface area (Å²) in [6.07, 6.45) is 6.66. The number of hydrogen-bond donors (Lipinski definition) is 2. The molecule has 0 atom stereocenters. The highest BCUT2D eigenvalue weighted by Crippen LogP contribution is 2.16. The van der Waals surface area contributed by atoms with Crippen molar-refractivity contribution >= 4 is 17.9 Å². The smallest absolute Gasteiger partial charge is 0.0456 e.